The van der Waals surface area contributed by atoms with Gasteiger partial charge in [-0.2, -0.15) is 5.10 Å². The maximum absolute atomic E-state index is 11.9. The van der Waals surface area contributed by atoms with E-state index in [0.717, 1.165) is 17.0 Å². The third-order valence-corrected chi connectivity index (χ3v) is 3.71. The summed E-state index contributed by atoms with van der Waals surface area (Å²) in [5.74, 6) is 0.0372. The largest absolute Gasteiger partial charge is 0.347 e. The van der Waals surface area contributed by atoms with Crippen LogP contribution in [0.5, 0.6) is 0 Å². The molecule has 1 atom stereocenters. The molecule has 2 heterocycles. The van der Waals surface area contributed by atoms with Gasteiger partial charge in [-0.3, -0.25) is 9.48 Å². The summed E-state index contributed by atoms with van der Waals surface area (Å²) in [6.07, 6.45) is 6.78. The van der Waals surface area contributed by atoms with Crippen molar-refractivity contribution in [3.8, 4) is 0 Å². The summed E-state index contributed by atoms with van der Waals surface area (Å²) in [4.78, 5) is 16.2. The van der Waals surface area contributed by atoms with Crippen molar-refractivity contribution in [1.29, 1.82) is 0 Å². The van der Waals surface area contributed by atoms with Crippen molar-refractivity contribution in [2.24, 2.45) is 0 Å². The van der Waals surface area contributed by atoms with E-state index in [1.807, 2.05) is 25.4 Å². The molecule has 102 valence electrons. The Morgan fingerprint density at radius 1 is 1.58 bits per heavy atom. The number of carbonyl (C=O) groups is 1. The molecule has 1 amide bonds. The zero-order valence-electron chi connectivity index (χ0n) is 11.2. The molecule has 0 spiro atoms. The lowest BCUT2D eigenvalue weighted by Gasteiger charge is -2.14. The number of aryl methyl sites for hydroxylation is 2. The number of thiazole rings is 1. The second-order valence-electron chi connectivity index (χ2n) is 4.43. The molecule has 0 bridgehead atoms. The first-order valence-corrected chi connectivity index (χ1v) is 7.24. The van der Waals surface area contributed by atoms with E-state index in [4.69, 9.17) is 0 Å². The third kappa shape index (κ3) is 3.89. The number of carbonyl (C=O) groups excluding carboxylic acids is 1. The standard InChI is InChI=1S/C13H18N4OS/c1-3-11(13-14-5-7-19-13)16-12(18)4-6-17-9-10(2)8-15-17/h5,7-9,11H,3-4,6H2,1-2H3,(H,16,18). The Kier molecular flexibility index (Phi) is 4.68. The van der Waals surface area contributed by atoms with Gasteiger partial charge in [0.05, 0.1) is 12.2 Å². The van der Waals surface area contributed by atoms with Crippen molar-refractivity contribution >= 4 is 17.2 Å². The molecule has 2 rings (SSSR count). The van der Waals surface area contributed by atoms with Crippen molar-refractivity contribution in [3.05, 3.63) is 34.5 Å². The van der Waals surface area contributed by atoms with Gasteiger partial charge in [0.15, 0.2) is 0 Å². The minimum Gasteiger partial charge on any atom is -0.347 e. The van der Waals surface area contributed by atoms with Crippen molar-refractivity contribution in [2.45, 2.75) is 39.3 Å². The lowest BCUT2D eigenvalue weighted by molar-refractivity contribution is -0.122. The zero-order valence-corrected chi connectivity index (χ0v) is 12.0. The Morgan fingerprint density at radius 2 is 2.42 bits per heavy atom. The second kappa shape index (κ2) is 6.47. The summed E-state index contributed by atoms with van der Waals surface area (Å²) in [5.41, 5.74) is 1.11. The molecule has 0 radical (unpaired) electrons. The lowest BCUT2D eigenvalue weighted by atomic mass is 10.2. The monoisotopic (exact) mass is 278 g/mol. The summed E-state index contributed by atoms with van der Waals surface area (Å²) in [6.45, 7) is 4.64. The maximum Gasteiger partial charge on any atom is 0.222 e. The van der Waals surface area contributed by atoms with Gasteiger partial charge in [0.1, 0.15) is 5.01 Å². The average Bonchev–Trinajstić information content (AvgIpc) is 3.05. The molecule has 2 aromatic heterocycles. The molecule has 5 nitrogen and oxygen atoms in total. The van der Waals surface area contributed by atoms with Crippen LogP contribution in [0.1, 0.15) is 36.4 Å². The molecule has 0 aliphatic rings. The minimum atomic E-state index is 0.0202. The van der Waals surface area contributed by atoms with Crippen LogP contribution >= 0.6 is 11.3 Å². The molecule has 0 aliphatic heterocycles. The highest BCUT2D eigenvalue weighted by atomic mass is 32.1. The summed E-state index contributed by atoms with van der Waals surface area (Å²) in [5, 5.41) is 10.1. The van der Waals surface area contributed by atoms with Gasteiger partial charge < -0.3 is 5.32 Å². The third-order valence-electron chi connectivity index (χ3n) is 2.82. The molecular formula is C13H18N4OS. The van der Waals surface area contributed by atoms with Crippen LogP contribution in [0.3, 0.4) is 0 Å². The van der Waals surface area contributed by atoms with Crippen LogP contribution in [-0.2, 0) is 11.3 Å². The SMILES string of the molecule is CCC(NC(=O)CCn1cc(C)cn1)c1nccs1. The van der Waals surface area contributed by atoms with E-state index >= 15 is 0 Å². The zero-order chi connectivity index (χ0) is 13.7. The number of amides is 1. The Balaban J connectivity index is 1.83. The highest BCUT2D eigenvalue weighted by Gasteiger charge is 2.14. The van der Waals surface area contributed by atoms with Crippen LogP contribution in [-0.4, -0.2) is 20.7 Å². The average molecular weight is 278 g/mol. The number of hydrogen-bond donors (Lipinski definition) is 1. The van der Waals surface area contributed by atoms with Gasteiger partial charge in [-0.05, 0) is 18.9 Å². The van der Waals surface area contributed by atoms with Crippen LogP contribution < -0.4 is 5.32 Å². The minimum absolute atomic E-state index is 0.0202. The fourth-order valence-corrected chi connectivity index (χ4v) is 2.59. The normalized spacial score (nSPS) is 12.3. The number of aromatic nitrogens is 3. The van der Waals surface area contributed by atoms with Crippen LogP contribution in [0.4, 0.5) is 0 Å². The summed E-state index contributed by atoms with van der Waals surface area (Å²) < 4.78 is 1.79. The molecule has 2 aromatic rings. The maximum atomic E-state index is 11.9. The fraction of sp³-hybridized carbons (Fsp3) is 0.462. The van der Waals surface area contributed by atoms with Crippen molar-refractivity contribution in [1.82, 2.24) is 20.1 Å². The molecular weight excluding hydrogens is 260 g/mol. The lowest BCUT2D eigenvalue weighted by Crippen LogP contribution is -2.28. The van der Waals surface area contributed by atoms with E-state index < -0.39 is 0 Å². The van der Waals surface area contributed by atoms with Crippen LogP contribution in [0.15, 0.2) is 24.0 Å². The van der Waals surface area contributed by atoms with Gasteiger partial charge in [0, 0.05) is 30.7 Å². The summed E-state index contributed by atoms with van der Waals surface area (Å²) >= 11 is 1.57. The van der Waals surface area contributed by atoms with Gasteiger partial charge in [0.25, 0.3) is 0 Å². The number of nitrogens with one attached hydrogen (secondary N) is 1. The van der Waals surface area contributed by atoms with Gasteiger partial charge in [-0.15, -0.1) is 11.3 Å². The molecule has 1 unspecified atom stereocenters. The highest BCUT2D eigenvalue weighted by Crippen LogP contribution is 2.18. The Hall–Kier alpha value is -1.69. The van der Waals surface area contributed by atoms with Gasteiger partial charge in [-0.1, -0.05) is 6.92 Å². The number of rotatable bonds is 6. The van der Waals surface area contributed by atoms with Crippen LogP contribution in [0, 0.1) is 6.92 Å². The Bertz CT molecular complexity index is 520. The summed E-state index contributed by atoms with van der Waals surface area (Å²) in [6, 6.07) is 0.0202. The van der Waals surface area contributed by atoms with Crippen molar-refractivity contribution in [3.63, 3.8) is 0 Å². The predicted molar refractivity (Wildman–Crippen MR) is 74.9 cm³/mol. The number of nitrogens with zero attached hydrogens (tertiary/aromatic N) is 3. The fourth-order valence-electron chi connectivity index (χ4n) is 1.82. The molecule has 0 saturated heterocycles. The predicted octanol–water partition coefficient (Wildman–Crippen LogP) is 2.31. The first-order valence-electron chi connectivity index (χ1n) is 6.37. The van der Waals surface area contributed by atoms with Crippen LogP contribution in [0.2, 0.25) is 0 Å². The van der Waals surface area contributed by atoms with Crippen molar-refractivity contribution in [2.75, 3.05) is 0 Å². The smallest absolute Gasteiger partial charge is 0.222 e. The summed E-state index contributed by atoms with van der Waals surface area (Å²) in [7, 11) is 0. The van der Waals surface area contributed by atoms with E-state index in [1.165, 1.54) is 0 Å². The molecule has 0 saturated carbocycles. The second-order valence-corrected chi connectivity index (χ2v) is 5.36. The van der Waals surface area contributed by atoms with Crippen LogP contribution in [0.25, 0.3) is 0 Å². The Labute approximate surface area is 116 Å². The highest BCUT2D eigenvalue weighted by molar-refractivity contribution is 7.09. The quantitative estimate of drug-likeness (QED) is 0.882. The van der Waals surface area contributed by atoms with Crippen molar-refractivity contribution < 1.29 is 4.79 Å². The van der Waals surface area contributed by atoms with E-state index in [0.29, 0.717) is 13.0 Å². The first-order chi connectivity index (χ1) is 9.19. The topological polar surface area (TPSA) is 59.8 Å². The molecule has 0 aliphatic carbocycles. The molecule has 0 aromatic carbocycles. The first kappa shape index (κ1) is 13.7. The molecule has 6 heteroatoms. The van der Waals surface area contributed by atoms with E-state index in [-0.39, 0.29) is 11.9 Å². The number of hydrogen-bond acceptors (Lipinski definition) is 4. The van der Waals surface area contributed by atoms with E-state index in [2.05, 4.69) is 15.4 Å². The molecule has 19 heavy (non-hydrogen) atoms. The van der Waals surface area contributed by atoms with E-state index in [9.17, 15) is 4.79 Å². The van der Waals surface area contributed by atoms with E-state index in [1.54, 1.807) is 28.4 Å². The van der Waals surface area contributed by atoms with Gasteiger partial charge in [-0.25, -0.2) is 4.98 Å². The van der Waals surface area contributed by atoms with Gasteiger partial charge >= 0.3 is 0 Å². The van der Waals surface area contributed by atoms with Gasteiger partial charge in [0.2, 0.25) is 5.91 Å². The molecule has 1 N–H and O–H groups in total. The Morgan fingerprint density at radius 3 is 3.00 bits per heavy atom. The molecule has 0 fully saturated rings.